The average molecular weight is 385 g/mol. The highest BCUT2D eigenvalue weighted by molar-refractivity contribution is 7.09. The number of hydrogen-bond donors (Lipinski definition) is 0. The molecule has 2 aromatic heterocycles. The standard InChI is InChI=1S/C19H23N5O2S/c1-14-20-15(13-27-14)11-22-7-9-23(10-8-22)18(25)12-24-17-6-4-3-5-16(17)21(2)19(24)26/h3-6,13H,7-12H2,1-2H3. The lowest BCUT2D eigenvalue weighted by Crippen LogP contribution is -2.49. The van der Waals surface area contributed by atoms with Crippen LogP contribution in [0.3, 0.4) is 0 Å². The highest BCUT2D eigenvalue weighted by Gasteiger charge is 2.23. The molecule has 142 valence electrons. The normalized spacial score (nSPS) is 15.6. The van der Waals surface area contributed by atoms with Crippen molar-refractivity contribution in [3.63, 3.8) is 0 Å². The number of fused-ring (bicyclic) bond motifs is 1. The third kappa shape index (κ3) is 3.54. The number of benzene rings is 1. The molecule has 0 unspecified atom stereocenters. The lowest BCUT2D eigenvalue weighted by atomic mass is 10.3. The van der Waals surface area contributed by atoms with Crippen LogP contribution in [-0.4, -0.2) is 56.0 Å². The largest absolute Gasteiger partial charge is 0.339 e. The fraction of sp³-hybridized carbons (Fsp3) is 0.421. The Morgan fingerprint density at radius 1 is 1.15 bits per heavy atom. The number of carbonyl (C=O) groups excluding carboxylic acids is 1. The number of aromatic nitrogens is 3. The van der Waals surface area contributed by atoms with E-state index in [0.29, 0.717) is 13.1 Å². The molecule has 1 aliphatic rings. The van der Waals surface area contributed by atoms with Crippen LogP contribution in [0, 0.1) is 6.92 Å². The summed E-state index contributed by atoms with van der Waals surface area (Å²) in [6.45, 7) is 5.95. The molecule has 0 spiro atoms. The van der Waals surface area contributed by atoms with E-state index in [1.165, 1.54) is 0 Å². The van der Waals surface area contributed by atoms with Crippen LogP contribution >= 0.6 is 11.3 Å². The number of imidazole rings is 1. The molecule has 3 aromatic rings. The van der Waals surface area contributed by atoms with Gasteiger partial charge in [-0.3, -0.25) is 18.8 Å². The van der Waals surface area contributed by atoms with Crippen LogP contribution in [0.4, 0.5) is 0 Å². The van der Waals surface area contributed by atoms with Crippen LogP contribution in [-0.2, 0) is 24.9 Å². The number of carbonyl (C=O) groups is 1. The smallest absolute Gasteiger partial charge is 0.329 e. The van der Waals surface area contributed by atoms with Gasteiger partial charge in [-0.25, -0.2) is 9.78 Å². The summed E-state index contributed by atoms with van der Waals surface area (Å²) in [6.07, 6.45) is 0. The summed E-state index contributed by atoms with van der Waals surface area (Å²) in [4.78, 5) is 34.0. The summed E-state index contributed by atoms with van der Waals surface area (Å²) in [7, 11) is 1.74. The van der Waals surface area contributed by atoms with Gasteiger partial charge in [0.15, 0.2) is 0 Å². The van der Waals surface area contributed by atoms with E-state index in [4.69, 9.17) is 0 Å². The van der Waals surface area contributed by atoms with Crippen molar-refractivity contribution in [3.05, 3.63) is 50.8 Å². The summed E-state index contributed by atoms with van der Waals surface area (Å²) < 4.78 is 3.17. The highest BCUT2D eigenvalue weighted by Crippen LogP contribution is 2.14. The fourth-order valence-corrected chi connectivity index (χ4v) is 4.22. The average Bonchev–Trinajstić information content (AvgIpc) is 3.19. The molecule has 1 saturated heterocycles. The summed E-state index contributed by atoms with van der Waals surface area (Å²) in [5, 5.41) is 3.18. The third-order valence-corrected chi connectivity index (χ3v) is 5.94. The molecule has 0 N–H and O–H groups in total. The molecule has 4 rings (SSSR count). The third-order valence-electron chi connectivity index (χ3n) is 5.12. The number of para-hydroxylation sites is 2. The van der Waals surface area contributed by atoms with Gasteiger partial charge < -0.3 is 4.90 Å². The Morgan fingerprint density at radius 3 is 2.52 bits per heavy atom. The summed E-state index contributed by atoms with van der Waals surface area (Å²) in [6, 6.07) is 7.58. The molecule has 1 aromatic carbocycles. The summed E-state index contributed by atoms with van der Waals surface area (Å²) >= 11 is 1.67. The second-order valence-electron chi connectivity index (χ2n) is 6.93. The predicted molar refractivity (Wildman–Crippen MR) is 106 cm³/mol. The van der Waals surface area contributed by atoms with E-state index < -0.39 is 0 Å². The van der Waals surface area contributed by atoms with Gasteiger partial charge in [0.05, 0.1) is 21.7 Å². The molecule has 7 nitrogen and oxygen atoms in total. The van der Waals surface area contributed by atoms with E-state index in [9.17, 15) is 9.59 Å². The zero-order valence-corrected chi connectivity index (χ0v) is 16.4. The molecule has 0 aliphatic carbocycles. The maximum Gasteiger partial charge on any atom is 0.329 e. The minimum atomic E-state index is -0.151. The molecule has 0 radical (unpaired) electrons. The van der Waals surface area contributed by atoms with Crippen molar-refractivity contribution in [2.45, 2.75) is 20.0 Å². The first-order valence-electron chi connectivity index (χ1n) is 9.08. The van der Waals surface area contributed by atoms with Crippen LogP contribution in [0.1, 0.15) is 10.7 Å². The maximum atomic E-state index is 12.8. The molecule has 0 atom stereocenters. The quantitative estimate of drug-likeness (QED) is 0.682. The van der Waals surface area contributed by atoms with Gasteiger partial charge >= 0.3 is 5.69 Å². The van der Waals surface area contributed by atoms with Gasteiger partial charge in [-0.2, -0.15) is 0 Å². The van der Waals surface area contributed by atoms with Crippen LogP contribution < -0.4 is 5.69 Å². The van der Waals surface area contributed by atoms with Gasteiger partial charge in [-0.15, -0.1) is 11.3 Å². The number of aryl methyl sites for hydroxylation is 2. The molecule has 27 heavy (non-hydrogen) atoms. The van der Waals surface area contributed by atoms with Crippen molar-refractivity contribution in [2.24, 2.45) is 7.05 Å². The van der Waals surface area contributed by atoms with E-state index in [1.807, 2.05) is 36.1 Å². The maximum absolute atomic E-state index is 12.8. The summed E-state index contributed by atoms with van der Waals surface area (Å²) in [5.41, 5.74) is 2.59. The van der Waals surface area contributed by atoms with Crippen molar-refractivity contribution in [1.82, 2.24) is 23.9 Å². The number of nitrogens with zero attached hydrogens (tertiary/aromatic N) is 5. The first-order valence-corrected chi connectivity index (χ1v) is 9.96. The van der Waals surface area contributed by atoms with Gasteiger partial charge in [0.25, 0.3) is 0 Å². The molecule has 1 fully saturated rings. The van der Waals surface area contributed by atoms with Crippen molar-refractivity contribution in [3.8, 4) is 0 Å². The van der Waals surface area contributed by atoms with Crippen LogP contribution in [0.2, 0.25) is 0 Å². The van der Waals surface area contributed by atoms with Crippen molar-refractivity contribution >= 4 is 28.3 Å². The first-order chi connectivity index (χ1) is 13.0. The molecule has 0 bridgehead atoms. The molecule has 8 heteroatoms. The van der Waals surface area contributed by atoms with Crippen molar-refractivity contribution < 1.29 is 4.79 Å². The Bertz CT molecular complexity index is 1030. The van der Waals surface area contributed by atoms with Gasteiger partial charge in [-0.05, 0) is 19.1 Å². The zero-order chi connectivity index (χ0) is 19.0. The number of amides is 1. The van der Waals surface area contributed by atoms with Gasteiger partial charge in [0.1, 0.15) is 6.54 Å². The SMILES string of the molecule is Cc1nc(CN2CCN(C(=O)Cn3c(=O)n(C)c4ccccc43)CC2)cs1. The van der Waals surface area contributed by atoms with Crippen LogP contribution in [0.5, 0.6) is 0 Å². The van der Waals surface area contributed by atoms with Crippen LogP contribution in [0.25, 0.3) is 11.0 Å². The molecule has 3 heterocycles. The summed E-state index contributed by atoms with van der Waals surface area (Å²) in [5.74, 6) is -0.00222. The topological polar surface area (TPSA) is 63.4 Å². The minimum absolute atomic E-state index is 0.00222. The minimum Gasteiger partial charge on any atom is -0.339 e. The molecule has 1 aliphatic heterocycles. The van der Waals surface area contributed by atoms with E-state index in [0.717, 1.165) is 41.4 Å². The Balaban J connectivity index is 1.40. The van der Waals surface area contributed by atoms with Crippen LogP contribution in [0.15, 0.2) is 34.4 Å². The van der Waals surface area contributed by atoms with Gasteiger partial charge in [0.2, 0.25) is 5.91 Å². The number of hydrogen-bond acceptors (Lipinski definition) is 5. The second-order valence-corrected chi connectivity index (χ2v) is 7.99. The Morgan fingerprint density at radius 2 is 1.85 bits per heavy atom. The lowest BCUT2D eigenvalue weighted by Gasteiger charge is -2.34. The monoisotopic (exact) mass is 385 g/mol. The zero-order valence-electron chi connectivity index (χ0n) is 15.6. The van der Waals surface area contributed by atoms with Gasteiger partial charge in [0, 0.05) is 45.2 Å². The molecule has 0 saturated carbocycles. The predicted octanol–water partition coefficient (Wildman–Crippen LogP) is 1.45. The highest BCUT2D eigenvalue weighted by atomic mass is 32.1. The number of piperazine rings is 1. The van der Waals surface area contributed by atoms with E-state index >= 15 is 0 Å². The van der Waals surface area contributed by atoms with Crippen molar-refractivity contribution in [1.29, 1.82) is 0 Å². The molecular formula is C19H23N5O2S. The lowest BCUT2D eigenvalue weighted by molar-refractivity contribution is -0.133. The molecule has 1 amide bonds. The Hall–Kier alpha value is -2.45. The Labute approximate surface area is 161 Å². The van der Waals surface area contributed by atoms with E-state index in [-0.39, 0.29) is 18.1 Å². The van der Waals surface area contributed by atoms with E-state index in [1.54, 1.807) is 27.5 Å². The van der Waals surface area contributed by atoms with Crippen molar-refractivity contribution in [2.75, 3.05) is 26.2 Å². The fourth-order valence-electron chi connectivity index (χ4n) is 3.62. The Kier molecular flexibility index (Phi) is 4.84. The molecular weight excluding hydrogens is 362 g/mol. The first kappa shape index (κ1) is 17.9. The second kappa shape index (κ2) is 7.28. The number of thiazole rings is 1. The number of rotatable bonds is 4. The van der Waals surface area contributed by atoms with E-state index in [2.05, 4.69) is 15.3 Å². The van der Waals surface area contributed by atoms with Gasteiger partial charge in [-0.1, -0.05) is 12.1 Å².